The van der Waals surface area contributed by atoms with Crippen LogP contribution in [0, 0.1) is 0 Å². The molecule has 6 nitrogen and oxygen atoms in total. The SMILES string of the molecule is CCNC(=NCc1csc(C(C)C)n1)NC1CCN(c2ccccn2)CC1. The summed E-state index contributed by atoms with van der Waals surface area (Å²) in [6.07, 6.45) is 4.02. The third kappa shape index (κ3) is 5.66. The Morgan fingerprint density at radius 2 is 2.15 bits per heavy atom. The molecule has 3 heterocycles. The van der Waals surface area contributed by atoms with Crippen molar-refractivity contribution in [3.8, 4) is 0 Å². The third-order valence-electron chi connectivity index (χ3n) is 4.62. The molecule has 0 unspecified atom stereocenters. The molecule has 2 aromatic rings. The number of rotatable bonds is 6. The van der Waals surface area contributed by atoms with Gasteiger partial charge in [0.1, 0.15) is 5.82 Å². The molecule has 0 spiro atoms. The van der Waals surface area contributed by atoms with Gasteiger partial charge in [0, 0.05) is 43.2 Å². The van der Waals surface area contributed by atoms with E-state index < -0.39 is 0 Å². The Morgan fingerprint density at radius 3 is 2.78 bits per heavy atom. The second-order valence-corrected chi connectivity index (χ2v) is 8.01. The summed E-state index contributed by atoms with van der Waals surface area (Å²) in [7, 11) is 0. The van der Waals surface area contributed by atoms with E-state index in [1.165, 1.54) is 5.01 Å². The smallest absolute Gasteiger partial charge is 0.191 e. The first kappa shape index (κ1) is 19.6. The summed E-state index contributed by atoms with van der Waals surface area (Å²) in [5, 5.41) is 10.3. The van der Waals surface area contributed by atoms with E-state index in [4.69, 9.17) is 4.99 Å². The number of aromatic nitrogens is 2. The summed E-state index contributed by atoms with van der Waals surface area (Å²) >= 11 is 1.72. The second-order valence-electron chi connectivity index (χ2n) is 7.12. The van der Waals surface area contributed by atoms with Crippen LogP contribution >= 0.6 is 11.3 Å². The van der Waals surface area contributed by atoms with Crippen molar-refractivity contribution in [3.63, 3.8) is 0 Å². The molecule has 146 valence electrons. The molecule has 2 N–H and O–H groups in total. The minimum absolute atomic E-state index is 0.435. The highest BCUT2D eigenvalue weighted by atomic mass is 32.1. The number of thiazole rings is 1. The Balaban J connectivity index is 1.53. The van der Waals surface area contributed by atoms with Crippen LogP contribution in [0.3, 0.4) is 0 Å². The van der Waals surface area contributed by atoms with Crippen LogP contribution in [0.1, 0.15) is 50.2 Å². The fourth-order valence-corrected chi connectivity index (χ4v) is 3.95. The van der Waals surface area contributed by atoms with Gasteiger partial charge in [-0.05, 0) is 31.9 Å². The molecule has 0 aromatic carbocycles. The predicted octanol–water partition coefficient (Wildman–Crippen LogP) is 3.39. The summed E-state index contributed by atoms with van der Waals surface area (Å²) < 4.78 is 0. The Hall–Kier alpha value is -2.15. The third-order valence-corrected chi connectivity index (χ3v) is 5.81. The van der Waals surface area contributed by atoms with Crippen LogP contribution in [-0.4, -0.2) is 41.6 Å². The van der Waals surface area contributed by atoms with E-state index in [0.29, 0.717) is 18.5 Å². The first-order valence-electron chi connectivity index (χ1n) is 9.80. The van der Waals surface area contributed by atoms with Gasteiger partial charge in [-0.15, -0.1) is 11.3 Å². The maximum Gasteiger partial charge on any atom is 0.191 e. The molecule has 1 aliphatic heterocycles. The zero-order valence-electron chi connectivity index (χ0n) is 16.5. The van der Waals surface area contributed by atoms with Crippen molar-refractivity contribution in [2.75, 3.05) is 24.5 Å². The molecule has 0 amide bonds. The van der Waals surface area contributed by atoms with Gasteiger partial charge >= 0.3 is 0 Å². The fourth-order valence-electron chi connectivity index (χ4n) is 3.13. The first-order chi connectivity index (χ1) is 13.2. The Labute approximate surface area is 166 Å². The van der Waals surface area contributed by atoms with Gasteiger partial charge in [0.2, 0.25) is 0 Å². The fraction of sp³-hybridized carbons (Fsp3) is 0.550. The van der Waals surface area contributed by atoms with Crippen LogP contribution in [0.15, 0.2) is 34.8 Å². The lowest BCUT2D eigenvalue weighted by molar-refractivity contribution is 0.459. The quantitative estimate of drug-likeness (QED) is 0.588. The van der Waals surface area contributed by atoms with E-state index >= 15 is 0 Å². The molecule has 1 aliphatic rings. The number of aliphatic imine (C=N–C) groups is 1. The Morgan fingerprint density at radius 1 is 1.33 bits per heavy atom. The topological polar surface area (TPSA) is 65.4 Å². The van der Waals surface area contributed by atoms with Gasteiger partial charge in [0.15, 0.2) is 5.96 Å². The minimum Gasteiger partial charge on any atom is -0.357 e. The molecule has 7 heteroatoms. The summed E-state index contributed by atoms with van der Waals surface area (Å²) in [4.78, 5) is 16.2. The number of pyridine rings is 1. The summed E-state index contributed by atoms with van der Waals surface area (Å²) in [5.41, 5.74) is 1.05. The van der Waals surface area contributed by atoms with Crippen molar-refractivity contribution in [3.05, 3.63) is 40.5 Å². The van der Waals surface area contributed by atoms with Crippen LogP contribution < -0.4 is 15.5 Å². The van der Waals surface area contributed by atoms with Crippen LogP contribution in [0.4, 0.5) is 5.82 Å². The predicted molar refractivity (Wildman–Crippen MR) is 114 cm³/mol. The Bertz CT molecular complexity index is 719. The van der Waals surface area contributed by atoms with Gasteiger partial charge in [-0.25, -0.2) is 15.0 Å². The largest absolute Gasteiger partial charge is 0.357 e. The molecule has 3 rings (SSSR count). The molecule has 0 bridgehead atoms. The zero-order valence-corrected chi connectivity index (χ0v) is 17.3. The number of nitrogens with one attached hydrogen (secondary N) is 2. The monoisotopic (exact) mass is 386 g/mol. The maximum atomic E-state index is 4.74. The normalized spacial score (nSPS) is 16.0. The number of guanidine groups is 1. The summed E-state index contributed by atoms with van der Waals surface area (Å²) in [5.74, 6) is 2.43. The van der Waals surface area contributed by atoms with E-state index in [-0.39, 0.29) is 0 Å². The van der Waals surface area contributed by atoms with Gasteiger partial charge < -0.3 is 15.5 Å². The highest BCUT2D eigenvalue weighted by Gasteiger charge is 2.20. The van der Waals surface area contributed by atoms with Gasteiger partial charge in [-0.3, -0.25) is 0 Å². The molecule has 0 atom stereocenters. The number of nitrogens with zero attached hydrogens (tertiary/aromatic N) is 4. The van der Waals surface area contributed by atoms with Gasteiger partial charge in [0.25, 0.3) is 0 Å². The lowest BCUT2D eigenvalue weighted by atomic mass is 10.1. The average molecular weight is 387 g/mol. The van der Waals surface area contributed by atoms with E-state index in [0.717, 1.165) is 49.9 Å². The number of piperidine rings is 1. The highest BCUT2D eigenvalue weighted by Crippen LogP contribution is 2.20. The van der Waals surface area contributed by atoms with Gasteiger partial charge in [0.05, 0.1) is 17.2 Å². The van der Waals surface area contributed by atoms with E-state index in [1.807, 2.05) is 18.3 Å². The van der Waals surface area contributed by atoms with Gasteiger partial charge in [-0.2, -0.15) is 0 Å². The lowest BCUT2D eigenvalue weighted by Gasteiger charge is -2.33. The number of hydrogen-bond donors (Lipinski definition) is 2. The molecule has 2 aromatic heterocycles. The minimum atomic E-state index is 0.435. The van der Waals surface area contributed by atoms with Crippen molar-refractivity contribution < 1.29 is 0 Å². The van der Waals surface area contributed by atoms with E-state index in [2.05, 4.69) is 57.7 Å². The van der Waals surface area contributed by atoms with Crippen LogP contribution in [-0.2, 0) is 6.54 Å². The maximum absolute atomic E-state index is 4.74. The number of anilines is 1. The average Bonchev–Trinajstić information content (AvgIpc) is 3.17. The van der Waals surface area contributed by atoms with E-state index in [9.17, 15) is 0 Å². The Kier molecular flexibility index (Phi) is 7.04. The second kappa shape index (κ2) is 9.69. The lowest BCUT2D eigenvalue weighted by Crippen LogP contribution is -2.48. The standard InChI is InChI=1S/C20H30N6S/c1-4-21-20(23-13-17-14-27-19(24-17)15(2)3)25-16-8-11-26(12-9-16)18-7-5-6-10-22-18/h5-7,10,14-16H,4,8-9,11-13H2,1-3H3,(H2,21,23,25). The van der Waals surface area contributed by atoms with Crippen molar-refractivity contribution in [2.24, 2.45) is 4.99 Å². The summed E-state index contributed by atoms with van der Waals surface area (Å²) in [6, 6.07) is 6.53. The highest BCUT2D eigenvalue weighted by molar-refractivity contribution is 7.09. The van der Waals surface area contributed by atoms with Crippen LogP contribution in [0.5, 0.6) is 0 Å². The van der Waals surface area contributed by atoms with Crippen LogP contribution in [0.2, 0.25) is 0 Å². The molecule has 0 aliphatic carbocycles. The molecule has 1 saturated heterocycles. The van der Waals surface area contributed by atoms with Crippen molar-refractivity contribution in [2.45, 2.75) is 52.1 Å². The molecule has 27 heavy (non-hydrogen) atoms. The molecule has 0 radical (unpaired) electrons. The van der Waals surface area contributed by atoms with Crippen LogP contribution in [0.25, 0.3) is 0 Å². The van der Waals surface area contributed by atoms with Crippen molar-refractivity contribution in [1.29, 1.82) is 0 Å². The molecule has 1 fully saturated rings. The van der Waals surface area contributed by atoms with E-state index in [1.54, 1.807) is 11.3 Å². The number of hydrogen-bond acceptors (Lipinski definition) is 5. The molecule has 0 saturated carbocycles. The van der Waals surface area contributed by atoms with Crippen molar-refractivity contribution in [1.82, 2.24) is 20.6 Å². The van der Waals surface area contributed by atoms with Gasteiger partial charge in [-0.1, -0.05) is 19.9 Å². The zero-order chi connectivity index (χ0) is 19.1. The molecular weight excluding hydrogens is 356 g/mol. The van der Waals surface area contributed by atoms with Crippen molar-refractivity contribution >= 4 is 23.1 Å². The summed E-state index contributed by atoms with van der Waals surface area (Å²) in [6.45, 7) is 9.94. The first-order valence-corrected chi connectivity index (χ1v) is 10.7. The molecular formula is C20H30N6S.